The van der Waals surface area contributed by atoms with Crippen LogP contribution in [0.3, 0.4) is 0 Å². The molecule has 0 radical (unpaired) electrons. The highest BCUT2D eigenvalue weighted by Crippen LogP contribution is 2.62. The van der Waals surface area contributed by atoms with Crippen LogP contribution in [0.5, 0.6) is 0 Å². The Labute approximate surface area is 415 Å². The molecule has 4 heterocycles. The van der Waals surface area contributed by atoms with E-state index in [2.05, 4.69) is 168 Å². The second-order valence-electron chi connectivity index (χ2n) is 23.8. The molecule has 4 heteroatoms. The molecule has 2 aliphatic heterocycles. The molecular formula is C66H57BN2S. The van der Waals surface area contributed by atoms with Crippen LogP contribution in [0.25, 0.3) is 80.7 Å². The lowest BCUT2D eigenvalue weighted by Gasteiger charge is -2.57. The van der Waals surface area contributed by atoms with Crippen LogP contribution in [0.2, 0.25) is 0 Å². The second kappa shape index (κ2) is 14.1. The van der Waals surface area contributed by atoms with Crippen molar-refractivity contribution in [1.82, 2.24) is 4.57 Å². The molecule has 0 spiro atoms. The molecule has 2 unspecified atom stereocenters. The van der Waals surface area contributed by atoms with E-state index in [4.69, 9.17) is 0 Å². The molecule has 6 fully saturated rings. The van der Waals surface area contributed by atoms with Gasteiger partial charge >= 0.3 is 6.85 Å². The zero-order chi connectivity index (χ0) is 45.6. The molecule has 0 N–H and O–H groups in total. The van der Waals surface area contributed by atoms with Gasteiger partial charge in [0.2, 0.25) is 0 Å². The van der Waals surface area contributed by atoms with Crippen LogP contribution < -0.4 is 15.7 Å². The maximum Gasteiger partial charge on any atom is 0.333 e. The lowest BCUT2D eigenvalue weighted by Crippen LogP contribution is -2.61. The van der Waals surface area contributed by atoms with Gasteiger partial charge in [-0.1, -0.05) is 129 Å². The average molecular weight is 921 g/mol. The number of hydrogen-bond acceptors (Lipinski definition) is 2. The summed E-state index contributed by atoms with van der Waals surface area (Å²) in [6.07, 6.45) is 16.7. The summed E-state index contributed by atoms with van der Waals surface area (Å²) >= 11 is 2.01. The summed E-state index contributed by atoms with van der Waals surface area (Å²) in [4.78, 5) is 2.83. The third kappa shape index (κ3) is 5.26. The lowest BCUT2D eigenvalue weighted by atomic mass is 9.42. The number of fused-ring (bicyclic) bond motifs is 15. The van der Waals surface area contributed by atoms with Gasteiger partial charge in [0.15, 0.2) is 0 Å². The molecule has 10 aromatic rings. The van der Waals surface area contributed by atoms with E-state index in [1.807, 2.05) is 11.3 Å². The number of thiophene rings is 1. The van der Waals surface area contributed by atoms with Crippen LogP contribution in [0.15, 0.2) is 152 Å². The van der Waals surface area contributed by atoms with Crippen LogP contribution >= 0.6 is 11.3 Å². The fraction of sp³-hybridized carbons (Fsp3) is 0.303. The van der Waals surface area contributed by atoms with Crippen molar-refractivity contribution in [1.29, 1.82) is 0 Å². The molecule has 2 aromatic heterocycles. The predicted molar refractivity (Wildman–Crippen MR) is 298 cm³/mol. The predicted octanol–water partition coefficient (Wildman–Crippen LogP) is 16.5. The second-order valence-corrected chi connectivity index (χ2v) is 24.9. The SMILES string of the molecule is CCC1(c2ccc3c(c2)c2cc(C45CC6CC(CC(C6)C4)C5)cc4c2n3-c2c3c(cc5c2sc2ccccc25)-c2ccc5ccccc5c2N(c2ccc(-c5ccccc5)cc2)B34)CC2CCC(C2)C1. The van der Waals surface area contributed by atoms with Gasteiger partial charge in [-0.05, 0) is 191 Å². The van der Waals surface area contributed by atoms with Gasteiger partial charge in [-0.3, -0.25) is 0 Å². The fourth-order valence-electron chi connectivity index (χ4n) is 17.8. The summed E-state index contributed by atoms with van der Waals surface area (Å²) in [7, 11) is 0. The van der Waals surface area contributed by atoms with Gasteiger partial charge in [0.1, 0.15) is 0 Å². The topological polar surface area (TPSA) is 8.17 Å². The quantitative estimate of drug-likeness (QED) is 0.156. The van der Waals surface area contributed by atoms with Crippen molar-refractivity contribution in [2.24, 2.45) is 29.6 Å². The van der Waals surface area contributed by atoms with Gasteiger partial charge < -0.3 is 9.38 Å². The zero-order valence-corrected chi connectivity index (χ0v) is 41.0. The number of aromatic nitrogens is 1. The summed E-state index contributed by atoms with van der Waals surface area (Å²) in [6.45, 7) is 2.48. The van der Waals surface area contributed by atoms with Crippen LogP contribution in [-0.4, -0.2) is 11.4 Å². The van der Waals surface area contributed by atoms with Gasteiger partial charge in [0.25, 0.3) is 0 Å². The van der Waals surface area contributed by atoms with Gasteiger partial charge in [-0.15, -0.1) is 11.3 Å². The van der Waals surface area contributed by atoms with Crippen LogP contribution in [0.4, 0.5) is 11.4 Å². The summed E-state index contributed by atoms with van der Waals surface area (Å²) in [6, 6.07) is 60.1. The first-order valence-electron chi connectivity index (χ1n) is 27.1. The maximum absolute atomic E-state index is 2.83. The Bertz CT molecular complexity index is 3830. The smallest absolute Gasteiger partial charge is 0.333 e. The van der Waals surface area contributed by atoms with E-state index in [-0.39, 0.29) is 17.7 Å². The monoisotopic (exact) mass is 920 g/mol. The van der Waals surface area contributed by atoms with E-state index in [1.165, 1.54) is 180 Å². The Balaban J connectivity index is 1.02. The Morgan fingerprint density at radius 2 is 1.23 bits per heavy atom. The molecular weight excluding hydrogens is 864 g/mol. The highest BCUT2D eigenvalue weighted by atomic mass is 32.1. The first-order valence-corrected chi connectivity index (χ1v) is 27.9. The first-order chi connectivity index (χ1) is 34.5. The maximum atomic E-state index is 2.83. The highest BCUT2D eigenvalue weighted by Gasteiger charge is 2.53. The third-order valence-corrected chi connectivity index (χ3v) is 21.4. The van der Waals surface area contributed by atoms with E-state index in [0.717, 1.165) is 29.6 Å². The summed E-state index contributed by atoms with van der Waals surface area (Å²) in [5.41, 5.74) is 18.8. The minimum atomic E-state index is -0.0240. The number of rotatable bonds is 5. The lowest BCUT2D eigenvalue weighted by molar-refractivity contribution is -0.00509. The molecule has 6 aliphatic carbocycles. The van der Waals surface area contributed by atoms with Crippen LogP contribution in [-0.2, 0) is 10.8 Å². The molecule has 6 saturated carbocycles. The van der Waals surface area contributed by atoms with Crippen LogP contribution in [0.1, 0.15) is 95.1 Å². The van der Waals surface area contributed by atoms with Gasteiger partial charge in [0, 0.05) is 48.6 Å². The van der Waals surface area contributed by atoms with Crippen molar-refractivity contribution in [2.75, 3.05) is 4.81 Å². The molecule has 18 rings (SSSR count). The van der Waals surface area contributed by atoms with Gasteiger partial charge in [0.05, 0.1) is 21.4 Å². The summed E-state index contributed by atoms with van der Waals surface area (Å²) < 4.78 is 5.61. The van der Waals surface area contributed by atoms with E-state index < -0.39 is 0 Å². The Hall–Kier alpha value is -6.10. The standard InChI is InChI=1S/C66H57BN2S/c1-2-65(34-39-16-17-40(26-39)35-65)47-21-25-58-53(30-47)55-31-48(66-36-41-27-42(37-66)29-43(28-41)38-66)32-57-62(55)68(58)63-60-54(33-56-51-14-8-9-15-59(51)70-64(56)63)52-24-20-46-12-6-7-13-50(46)61(52)69(67(57)60)49-22-18-45(19-23-49)44-10-4-3-5-11-44/h3-15,18-25,30-33,39-43H,2,16-17,26-29,34-38H2,1H3. The third-order valence-electron chi connectivity index (χ3n) is 20.3. The summed E-state index contributed by atoms with van der Waals surface area (Å²) in [5, 5.41) is 8.36. The molecule has 8 aliphatic rings. The van der Waals surface area contributed by atoms with Crippen molar-refractivity contribution >= 4 is 93.2 Å². The Morgan fingerprint density at radius 3 is 2.00 bits per heavy atom. The molecule has 2 atom stereocenters. The van der Waals surface area contributed by atoms with Crippen molar-refractivity contribution in [2.45, 2.75) is 94.8 Å². The molecule has 6 bridgehead atoms. The Kier molecular flexibility index (Phi) is 7.96. The van der Waals surface area contributed by atoms with E-state index in [9.17, 15) is 0 Å². The molecule has 8 aromatic carbocycles. The summed E-state index contributed by atoms with van der Waals surface area (Å²) in [5.74, 6) is 4.38. The van der Waals surface area contributed by atoms with E-state index in [0.29, 0.717) is 0 Å². The Morgan fingerprint density at radius 1 is 0.543 bits per heavy atom. The normalized spacial score (nSPS) is 26.8. The van der Waals surface area contributed by atoms with Crippen LogP contribution in [0, 0.1) is 29.6 Å². The number of benzene rings is 8. The van der Waals surface area contributed by atoms with Crippen molar-refractivity contribution in [3.8, 4) is 27.9 Å². The van der Waals surface area contributed by atoms with Crippen molar-refractivity contribution < 1.29 is 0 Å². The number of anilines is 2. The van der Waals surface area contributed by atoms with Crippen molar-refractivity contribution in [3.63, 3.8) is 0 Å². The van der Waals surface area contributed by atoms with E-state index >= 15 is 0 Å². The molecule has 340 valence electrons. The minimum Gasteiger partial charge on any atom is -0.376 e. The molecule has 2 nitrogen and oxygen atoms in total. The highest BCUT2D eigenvalue weighted by molar-refractivity contribution is 7.26. The average Bonchev–Trinajstić information content (AvgIpc) is 4.07. The van der Waals surface area contributed by atoms with Gasteiger partial charge in [-0.25, -0.2) is 0 Å². The van der Waals surface area contributed by atoms with Gasteiger partial charge in [-0.2, -0.15) is 0 Å². The first kappa shape index (κ1) is 39.6. The zero-order valence-electron chi connectivity index (χ0n) is 40.2. The number of nitrogens with zero attached hydrogens (tertiary/aromatic N) is 2. The molecule has 0 amide bonds. The molecule has 0 saturated heterocycles. The minimum absolute atomic E-state index is 0.0240. The molecule has 70 heavy (non-hydrogen) atoms. The largest absolute Gasteiger partial charge is 0.376 e. The van der Waals surface area contributed by atoms with Crippen molar-refractivity contribution in [3.05, 3.63) is 163 Å². The fourth-order valence-corrected chi connectivity index (χ4v) is 19.0. The van der Waals surface area contributed by atoms with E-state index in [1.54, 1.807) is 11.1 Å². The number of hydrogen-bond donors (Lipinski definition) is 0.